The first-order chi connectivity index (χ1) is 14.3. The number of phenols is 1. The average molecular weight is 416 g/mol. The van der Waals surface area contributed by atoms with E-state index in [4.69, 9.17) is 9.47 Å². The van der Waals surface area contributed by atoms with Crippen molar-refractivity contribution in [3.8, 4) is 11.5 Å². The van der Waals surface area contributed by atoms with Gasteiger partial charge in [-0.05, 0) is 29.8 Å². The fourth-order valence-electron chi connectivity index (χ4n) is 3.31. The molecule has 5 N–H and O–H groups in total. The maximum Gasteiger partial charge on any atom is 0.185 e. The summed E-state index contributed by atoms with van der Waals surface area (Å²) >= 11 is 0. The quantitative estimate of drug-likeness (QED) is 0.345. The molecule has 3 rings (SSSR count). The van der Waals surface area contributed by atoms with Crippen LogP contribution in [0, 0.1) is 0 Å². The second-order valence-corrected chi connectivity index (χ2v) is 7.00. The number of rotatable bonds is 6. The van der Waals surface area contributed by atoms with Crippen molar-refractivity contribution in [1.82, 2.24) is 0 Å². The van der Waals surface area contributed by atoms with Gasteiger partial charge in [0.1, 0.15) is 42.0 Å². The van der Waals surface area contributed by atoms with Crippen molar-refractivity contribution in [2.45, 2.75) is 30.5 Å². The summed E-state index contributed by atoms with van der Waals surface area (Å²) in [7, 11) is 1.39. The second kappa shape index (κ2) is 9.38. The van der Waals surface area contributed by atoms with Crippen LogP contribution in [0.1, 0.15) is 27.6 Å². The van der Waals surface area contributed by atoms with Gasteiger partial charge in [0.25, 0.3) is 0 Å². The lowest BCUT2D eigenvalue weighted by Crippen LogP contribution is -2.55. The molecule has 0 radical (unpaired) electrons. The minimum atomic E-state index is -1.51. The smallest absolute Gasteiger partial charge is 0.185 e. The van der Waals surface area contributed by atoms with Gasteiger partial charge in [-0.2, -0.15) is 0 Å². The fourth-order valence-corrected chi connectivity index (χ4v) is 3.31. The summed E-state index contributed by atoms with van der Waals surface area (Å²) in [4.78, 5) is 12.5. The number of phenolic OH excluding ortho intramolecular Hbond substituents is 1. The van der Waals surface area contributed by atoms with E-state index in [-0.39, 0.29) is 17.3 Å². The number of aromatic hydroxyl groups is 1. The second-order valence-electron chi connectivity index (χ2n) is 7.00. The van der Waals surface area contributed by atoms with E-state index >= 15 is 0 Å². The summed E-state index contributed by atoms with van der Waals surface area (Å²) in [5, 5.41) is 49.0. The van der Waals surface area contributed by atoms with Crippen LogP contribution < -0.4 is 4.74 Å². The highest BCUT2D eigenvalue weighted by molar-refractivity contribution is 6.07. The third-order valence-electron chi connectivity index (χ3n) is 5.04. The van der Waals surface area contributed by atoms with E-state index in [0.717, 1.165) is 5.56 Å². The third kappa shape index (κ3) is 4.53. The highest BCUT2D eigenvalue weighted by Crippen LogP contribution is 2.37. The SMILES string of the molecule is COc1cc(C(=O)C=Cc2ccc(O)cc2)ccc1C1O[C@H](CO)[C@@H](O)[C@H](O)[C@H]1O. The van der Waals surface area contributed by atoms with Gasteiger partial charge in [-0.25, -0.2) is 0 Å². The van der Waals surface area contributed by atoms with Gasteiger partial charge in [0, 0.05) is 11.1 Å². The number of carbonyl (C=O) groups is 1. The van der Waals surface area contributed by atoms with E-state index in [2.05, 4.69) is 0 Å². The van der Waals surface area contributed by atoms with E-state index in [1.807, 2.05) is 0 Å². The molecule has 0 saturated carbocycles. The van der Waals surface area contributed by atoms with Crippen LogP contribution in [-0.4, -0.2) is 69.4 Å². The zero-order valence-electron chi connectivity index (χ0n) is 16.3. The van der Waals surface area contributed by atoms with Gasteiger partial charge < -0.3 is 35.0 Å². The molecule has 0 spiro atoms. The van der Waals surface area contributed by atoms with Crippen molar-refractivity contribution in [2.75, 3.05) is 13.7 Å². The maximum absolute atomic E-state index is 12.5. The molecule has 1 aliphatic heterocycles. The van der Waals surface area contributed by atoms with Crippen LogP contribution >= 0.6 is 0 Å². The molecule has 0 aliphatic carbocycles. The van der Waals surface area contributed by atoms with Crippen LogP contribution in [-0.2, 0) is 4.74 Å². The first-order valence-corrected chi connectivity index (χ1v) is 9.35. The number of methoxy groups -OCH3 is 1. The number of carbonyl (C=O) groups excluding carboxylic acids is 1. The number of aliphatic hydroxyl groups is 4. The van der Waals surface area contributed by atoms with Crippen molar-refractivity contribution in [3.05, 3.63) is 65.2 Å². The van der Waals surface area contributed by atoms with Gasteiger partial charge in [-0.3, -0.25) is 4.79 Å². The minimum Gasteiger partial charge on any atom is -0.508 e. The van der Waals surface area contributed by atoms with Crippen molar-refractivity contribution in [1.29, 1.82) is 0 Å². The minimum absolute atomic E-state index is 0.131. The Labute approximate surface area is 173 Å². The van der Waals surface area contributed by atoms with Gasteiger partial charge in [-0.15, -0.1) is 0 Å². The Morgan fingerprint density at radius 2 is 1.77 bits per heavy atom. The maximum atomic E-state index is 12.5. The molecule has 0 amide bonds. The molecular formula is C22H24O8. The molecule has 2 aromatic carbocycles. The Bertz CT molecular complexity index is 906. The molecule has 0 aromatic heterocycles. The van der Waals surface area contributed by atoms with Crippen molar-refractivity contribution in [3.63, 3.8) is 0 Å². The molecule has 1 unspecified atom stereocenters. The highest BCUT2D eigenvalue weighted by Gasteiger charge is 2.44. The van der Waals surface area contributed by atoms with Gasteiger partial charge in [-0.1, -0.05) is 30.3 Å². The number of ketones is 1. The fraction of sp³-hybridized carbons (Fsp3) is 0.318. The van der Waals surface area contributed by atoms with E-state index in [0.29, 0.717) is 11.1 Å². The van der Waals surface area contributed by atoms with Crippen LogP contribution in [0.3, 0.4) is 0 Å². The number of hydrogen-bond acceptors (Lipinski definition) is 8. The van der Waals surface area contributed by atoms with Crippen LogP contribution in [0.4, 0.5) is 0 Å². The van der Waals surface area contributed by atoms with E-state index in [9.17, 15) is 30.3 Å². The van der Waals surface area contributed by atoms with Crippen molar-refractivity contribution in [2.24, 2.45) is 0 Å². The van der Waals surface area contributed by atoms with E-state index in [1.165, 1.54) is 43.5 Å². The largest absolute Gasteiger partial charge is 0.508 e. The summed E-state index contributed by atoms with van der Waals surface area (Å²) in [6.07, 6.45) is -3.54. The summed E-state index contributed by atoms with van der Waals surface area (Å²) in [6.45, 7) is -0.539. The Morgan fingerprint density at radius 1 is 1.07 bits per heavy atom. The molecule has 30 heavy (non-hydrogen) atoms. The van der Waals surface area contributed by atoms with Gasteiger partial charge in [0.05, 0.1) is 13.7 Å². The summed E-state index contributed by atoms with van der Waals surface area (Å²) < 4.78 is 10.9. The van der Waals surface area contributed by atoms with Crippen LogP contribution in [0.25, 0.3) is 6.08 Å². The highest BCUT2D eigenvalue weighted by atomic mass is 16.5. The molecule has 8 nitrogen and oxygen atoms in total. The van der Waals surface area contributed by atoms with Crippen LogP contribution in [0.15, 0.2) is 48.5 Å². The first-order valence-electron chi connectivity index (χ1n) is 9.35. The molecule has 160 valence electrons. The number of ether oxygens (including phenoxy) is 2. The Kier molecular flexibility index (Phi) is 6.86. The topological polar surface area (TPSA) is 137 Å². The molecule has 2 aromatic rings. The lowest BCUT2D eigenvalue weighted by atomic mass is 9.90. The monoisotopic (exact) mass is 416 g/mol. The zero-order valence-corrected chi connectivity index (χ0v) is 16.3. The first kappa shape index (κ1) is 21.9. The molecule has 5 atom stereocenters. The van der Waals surface area contributed by atoms with E-state index < -0.39 is 37.1 Å². The Balaban J connectivity index is 1.84. The Hall–Kier alpha value is -2.75. The molecule has 1 aliphatic rings. The van der Waals surface area contributed by atoms with Crippen molar-refractivity contribution >= 4 is 11.9 Å². The normalized spacial score (nSPS) is 26.6. The van der Waals surface area contributed by atoms with Crippen molar-refractivity contribution < 1.29 is 39.8 Å². The number of allylic oxidation sites excluding steroid dienone is 1. The number of benzene rings is 2. The van der Waals surface area contributed by atoms with Crippen LogP contribution in [0.5, 0.6) is 11.5 Å². The van der Waals surface area contributed by atoms with Crippen LogP contribution in [0.2, 0.25) is 0 Å². The standard InChI is InChI=1S/C22H24O8/c1-29-17-10-13(16(25)9-4-12-2-6-14(24)7-3-12)5-8-15(17)22-21(28)20(27)19(26)18(11-23)30-22/h2-10,18-24,26-28H,11H2,1H3/t18-,19-,20+,21-,22?/m1/s1. The molecule has 1 fully saturated rings. The third-order valence-corrected chi connectivity index (χ3v) is 5.04. The summed E-state index contributed by atoms with van der Waals surface area (Å²) in [5.74, 6) is 0.0944. The van der Waals surface area contributed by atoms with Gasteiger partial charge in [0.2, 0.25) is 0 Å². The zero-order chi connectivity index (χ0) is 21.8. The molecular weight excluding hydrogens is 392 g/mol. The number of hydrogen-bond donors (Lipinski definition) is 5. The average Bonchev–Trinajstić information content (AvgIpc) is 2.77. The number of aliphatic hydroxyl groups excluding tert-OH is 4. The van der Waals surface area contributed by atoms with E-state index in [1.54, 1.807) is 18.2 Å². The summed E-state index contributed by atoms with van der Waals surface area (Å²) in [5.41, 5.74) is 1.44. The summed E-state index contributed by atoms with van der Waals surface area (Å²) in [6, 6.07) is 10.9. The lowest BCUT2D eigenvalue weighted by molar-refractivity contribution is -0.232. The Morgan fingerprint density at radius 3 is 2.40 bits per heavy atom. The molecule has 1 heterocycles. The van der Waals surface area contributed by atoms with Gasteiger partial charge in [0.15, 0.2) is 5.78 Å². The molecule has 1 saturated heterocycles. The molecule has 0 bridgehead atoms. The predicted molar refractivity (Wildman–Crippen MR) is 107 cm³/mol. The molecule has 8 heteroatoms. The lowest BCUT2D eigenvalue weighted by Gasteiger charge is -2.40. The van der Waals surface area contributed by atoms with Gasteiger partial charge >= 0.3 is 0 Å². The predicted octanol–water partition coefficient (Wildman–Crippen LogP) is 0.812.